The van der Waals surface area contributed by atoms with Gasteiger partial charge < -0.3 is 20.0 Å². The van der Waals surface area contributed by atoms with Gasteiger partial charge in [-0.05, 0) is 47.9 Å². The molecule has 9 nitrogen and oxygen atoms in total. The van der Waals surface area contributed by atoms with Crippen molar-refractivity contribution in [3.05, 3.63) is 119 Å². The van der Waals surface area contributed by atoms with Crippen LogP contribution in [0, 0.1) is 5.92 Å². The predicted octanol–water partition coefficient (Wildman–Crippen LogP) is 4.81. The average Bonchev–Trinajstić information content (AvgIpc) is 3.57. The van der Waals surface area contributed by atoms with Gasteiger partial charge in [-0.25, -0.2) is 0 Å². The van der Waals surface area contributed by atoms with Crippen LogP contribution in [0.25, 0.3) is 0 Å². The molecule has 0 spiro atoms. The van der Waals surface area contributed by atoms with E-state index >= 15 is 0 Å². The molecule has 0 aliphatic carbocycles. The van der Waals surface area contributed by atoms with E-state index in [0.717, 1.165) is 16.8 Å². The fraction of sp³-hybridized carbons (Fsp3) is 0.294. The molecule has 6 rings (SSSR count). The van der Waals surface area contributed by atoms with Gasteiger partial charge in [0.15, 0.2) is 5.60 Å². The molecule has 2 N–H and O–H groups in total. The van der Waals surface area contributed by atoms with Crippen molar-refractivity contribution in [3.8, 4) is 0 Å². The number of aliphatic hydroxyl groups excluding tert-OH is 1. The molecule has 10 heteroatoms. The molecule has 1 unspecified atom stereocenters. The Bertz CT molecular complexity index is 1690. The average molecular weight is 612 g/mol. The molecule has 3 aromatic carbocycles. The van der Waals surface area contributed by atoms with Gasteiger partial charge in [0.2, 0.25) is 5.91 Å². The lowest BCUT2D eigenvalue weighted by atomic mass is 9.83. The summed E-state index contributed by atoms with van der Waals surface area (Å²) in [6.45, 7) is 3.28. The van der Waals surface area contributed by atoms with E-state index < -0.39 is 17.4 Å². The molecule has 44 heavy (non-hydrogen) atoms. The summed E-state index contributed by atoms with van der Waals surface area (Å²) >= 11 is 6.34. The molecule has 1 saturated heterocycles. The van der Waals surface area contributed by atoms with Crippen LogP contribution in [0.2, 0.25) is 5.02 Å². The quantitative estimate of drug-likeness (QED) is 0.186. The van der Waals surface area contributed by atoms with Crippen molar-refractivity contribution in [2.24, 2.45) is 5.92 Å². The van der Waals surface area contributed by atoms with Gasteiger partial charge in [0.1, 0.15) is 0 Å². The van der Waals surface area contributed by atoms with Gasteiger partial charge in [0, 0.05) is 47.9 Å². The van der Waals surface area contributed by atoms with Crippen LogP contribution in [0.15, 0.2) is 91.1 Å². The van der Waals surface area contributed by atoms with Crippen molar-refractivity contribution < 1.29 is 19.8 Å². The first-order valence-electron chi connectivity index (χ1n) is 14.8. The number of anilines is 2. The maximum Gasteiger partial charge on any atom is 0.264 e. The Hall–Kier alpha value is -4.31. The minimum absolute atomic E-state index is 0.0693. The van der Waals surface area contributed by atoms with Crippen LogP contribution in [0.5, 0.6) is 0 Å². The number of benzene rings is 3. The van der Waals surface area contributed by atoms with Crippen LogP contribution >= 0.6 is 11.6 Å². The summed E-state index contributed by atoms with van der Waals surface area (Å²) in [5.41, 5.74) is 2.70. The third-order valence-corrected chi connectivity index (χ3v) is 8.81. The zero-order chi connectivity index (χ0) is 30.8. The SMILES string of the molecule is C[C@H](/C=C/CCn1cc(C(CO)c2ccccc2)nn1)[C@@]1(O)C(=O)N(Cc2ccc(N3CCC3=O)cc2)c2ccc(Cl)cc21. The number of aromatic nitrogens is 3. The van der Waals surface area contributed by atoms with E-state index in [1.807, 2.05) is 79.9 Å². The zero-order valence-electron chi connectivity index (χ0n) is 24.4. The number of rotatable bonds is 11. The fourth-order valence-corrected chi connectivity index (χ4v) is 6.08. The number of halogens is 1. The highest BCUT2D eigenvalue weighted by Gasteiger charge is 2.52. The Morgan fingerprint density at radius 3 is 2.52 bits per heavy atom. The number of allylic oxidation sites excluding steroid dienone is 1. The summed E-state index contributed by atoms with van der Waals surface area (Å²) in [5.74, 6) is -1.10. The van der Waals surface area contributed by atoms with Gasteiger partial charge in [-0.3, -0.25) is 14.3 Å². The molecule has 0 bridgehead atoms. The van der Waals surface area contributed by atoms with Gasteiger partial charge in [-0.2, -0.15) is 0 Å². The molecule has 2 aliphatic heterocycles. The number of hydrogen-bond acceptors (Lipinski definition) is 6. The predicted molar refractivity (Wildman–Crippen MR) is 168 cm³/mol. The molecule has 4 aromatic rings. The smallest absolute Gasteiger partial charge is 0.264 e. The topological polar surface area (TPSA) is 112 Å². The second-order valence-corrected chi connectivity index (χ2v) is 11.8. The summed E-state index contributed by atoms with van der Waals surface area (Å²) in [5, 5.41) is 30.8. The molecule has 3 heterocycles. The van der Waals surface area contributed by atoms with Gasteiger partial charge >= 0.3 is 0 Å². The van der Waals surface area contributed by atoms with Gasteiger partial charge in [-0.1, -0.05) is 78.4 Å². The van der Waals surface area contributed by atoms with Crippen molar-refractivity contribution in [2.75, 3.05) is 23.0 Å². The lowest BCUT2D eigenvalue weighted by Crippen LogP contribution is -2.44. The maximum absolute atomic E-state index is 13.9. The minimum Gasteiger partial charge on any atom is -0.395 e. The van der Waals surface area contributed by atoms with E-state index in [1.165, 1.54) is 0 Å². The summed E-state index contributed by atoms with van der Waals surface area (Å²) < 4.78 is 1.73. The number of carbonyl (C=O) groups excluding carboxylic acids is 2. The Morgan fingerprint density at radius 1 is 1.07 bits per heavy atom. The summed E-state index contributed by atoms with van der Waals surface area (Å²) in [4.78, 5) is 29.0. The number of aliphatic hydroxyl groups is 2. The number of nitrogens with zero attached hydrogens (tertiary/aromatic N) is 5. The molecular weight excluding hydrogens is 578 g/mol. The third-order valence-electron chi connectivity index (χ3n) is 8.58. The third kappa shape index (κ3) is 5.54. The summed E-state index contributed by atoms with van der Waals surface area (Å²) in [7, 11) is 0. The van der Waals surface area contributed by atoms with Crippen molar-refractivity contribution in [2.45, 2.75) is 44.4 Å². The second-order valence-electron chi connectivity index (χ2n) is 11.3. The van der Waals surface area contributed by atoms with Crippen LogP contribution in [-0.4, -0.2) is 50.2 Å². The Labute approximate surface area is 261 Å². The standard InChI is InChI=1S/C34H34ClN5O4/c1-23(7-5-6-17-38-21-30(36-37-38)28(22-41)25-8-3-2-4-9-25)34(44)29-19-26(35)12-15-31(29)40(33(34)43)20-24-10-13-27(14-11-24)39-18-16-32(39)42/h2-5,7-15,19,21,23,28,41,44H,6,16-18,20,22H2,1H3/b7-5+/t23-,28?,34+/m1/s1. The lowest BCUT2D eigenvalue weighted by Gasteiger charge is -2.31. The van der Waals surface area contributed by atoms with E-state index in [2.05, 4.69) is 10.3 Å². The molecular formula is C34H34ClN5O4. The van der Waals surface area contributed by atoms with E-state index in [9.17, 15) is 19.8 Å². The number of β-lactam (4-membered cyclic amide) rings is 1. The first-order chi connectivity index (χ1) is 21.3. The fourth-order valence-electron chi connectivity index (χ4n) is 5.91. The van der Waals surface area contributed by atoms with E-state index in [1.54, 1.807) is 32.7 Å². The maximum atomic E-state index is 13.9. The molecule has 3 atom stereocenters. The highest BCUT2D eigenvalue weighted by molar-refractivity contribution is 6.31. The molecule has 0 radical (unpaired) electrons. The van der Waals surface area contributed by atoms with Crippen molar-refractivity contribution in [1.29, 1.82) is 0 Å². The van der Waals surface area contributed by atoms with Gasteiger partial charge in [0.05, 0.1) is 30.5 Å². The molecule has 226 valence electrons. The number of fused-ring (bicyclic) bond motifs is 1. The Morgan fingerprint density at radius 2 is 1.84 bits per heavy atom. The highest BCUT2D eigenvalue weighted by atomic mass is 35.5. The second kappa shape index (κ2) is 12.4. The van der Waals surface area contributed by atoms with Crippen molar-refractivity contribution in [1.82, 2.24) is 15.0 Å². The minimum atomic E-state index is -1.79. The number of carbonyl (C=O) groups is 2. The first kappa shape index (κ1) is 29.7. The summed E-state index contributed by atoms with van der Waals surface area (Å²) in [6, 6.07) is 22.4. The van der Waals surface area contributed by atoms with E-state index in [-0.39, 0.29) is 25.0 Å². The monoisotopic (exact) mass is 611 g/mol. The molecule has 1 aromatic heterocycles. The number of amides is 2. The molecule has 1 fully saturated rings. The number of hydrogen-bond donors (Lipinski definition) is 2. The Kier molecular flexibility index (Phi) is 8.35. The van der Waals surface area contributed by atoms with E-state index in [0.29, 0.717) is 47.9 Å². The summed E-state index contributed by atoms with van der Waals surface area (Å²) in [6.07, 6.45) is 6.79. The molecule has 2 aliphatic rings. The van der Waals surface area contributed by atoms with Crippen molar-refractivity contribution >= 4 is 34.8 Å². The number of aryl methyl sites for hydroxylation is 1. The normalized spacial score (nSPS) is 19.4. The van der Waals surface area contributed by atoms with Gasteiger partial charge in [0.25, 0.3) is 5.91 Å². The van der Waals surface area contributed by atoms with Gasteiger partial charge in [-0.15, -0.1) is 5.10 Å². The van der Waals surface area contributed by atoms with Crippen LogP contribution in [0.4, 0.5) is 11.4 Å². The Balaban J connectivity index is 1.14. The molecule has 0 saturated carbocycles. The lowest BCUT2D eigenvalue weighted by molar-refractivity contribution is -0.139. The van der Waals surface area contributed by atoms with Crippen LogP contribution < -0.4 is 9.80 Å². The first-order valence-corrected chi connectivity index (χ1v) is 15.1. The van der Waals surface area contributed by atoms with Crippen molar-refractivity contribution in [3.63, 3.8) is 0 Å². The molecule has 2 amide bonds. The van der Waals surface area contributed by atoms with E-state index in [4.69, 9.17) is 11.6 Å². The van der Waals surface area contributed by atoms with Crippen LogP contribution in [0.3, 0.4) is 0 Å². The van der Waals surface area contributed by atoms with Crippen LogP contribution in [0.1, 0.15) is 48.1 Å². The zero-order valence-corrected chi connectivity index (χ0v) is 25.1. The largest absolute Gasteiger partial charge is 0.395 e. The van der Waals surface area contributed by atoms with Crippen LogP contribution in [-0.2, 0) is 28.3 Å². The highest BCUT2D eigenvalue weighted by Crippen LogP contribution is 2.46.